The van der Waals surface area contributed by atoms with Gasteiger partial charge in [0.1, 0.15) is 0 Å². The highest BCUT2D eigenvalue weighted by Gasteiger charge is 2.08. The van der Waals surface area contributed by atoms with Crippen LogP contribution in [0.3, 0.4) is 0 Å². The maximum absolute atomic E-state index is 12.3. The van der Waals surface area contributed by atoms with Crippen molar-refractivity contribution in [2.24, 2.45) is 0 Å². The third-order valence-corrected chi connectivity index (χ3v) is 4.76. The van der Waals surface area contributed by atoms with Crippen LogP contribution in [0.15, 0.2) is 48.5 Å². The lowest BCUT2D eigenvalue weighted by Crippen LogP contribution is -2.25. The molecule has 0 aromatic heterocycles. The maximum Gasteiger partial charge on any atom is 0.251 e. The second-order valence-corrected chi connectivity index (χ2v) is 7.58. The van der Waals surface area contributed by atoms with Crippen LogP contribution >= 0.6 is 0 Å². The average molecular weight is 425 g/mol. The standard InChI is InChI=1S/C24H32N4O3/c1-4-5-15-25-24(31)19-7-6-8-21(16-19)26-17-22(29)27-20-12-9-18(10-13-20)11-14-23(30)28(2)3/h6-10,12-13,16,26H,4-5,11,14-15,17H2,1-3H3,(H,25,31)(H,27,29). The molecule has 2 aromatic carbocycles. The number of rotatable bonds is 11. The van der Waals surface area contributed by atoms with Crippen molar-refractivity contribution in [2.45, 2.75) is 32.6 Å². The van der Waals surface area contributed by atoms with Gasteiger partial charge in [0, 0.05) is 44.0 Å². The summed E-state index contributed by atoms with van der Waals surface area (Å²) in [5.41, 5.74) is 3.00. The van der Waals surface area contributed by atoms with E-state index < -0.39 is 0 Å². The summed E-state index contributed by atoms with van der Waals surface area (Å²) in [5.74, 6) is -0.215. The minimum absolute atomic E-state index is 0.0833. The smallest absolute Gasteiger partial charge is 0.251 e. The van der Waals surface area contributed by atoms with Crippen LogP contribution < -0.4 is 16.0 Å². The summed E-state index contributed by atoms with van der Waals surface area (Å²) in [6, 6.07) is 14.6. The Morgan fingerprint density at radius 2 is 1.71 bits per heavy atom. The van der Waals surface area contributed by atoms with Crippen molar-refractivity contribution < 1.29 is 14.4 Å². The molecule has 3 amide bonds. The van der Waals surface area contributed by atoms with E-state index in [0.717, 1.165) is 18.4 Å². The molecule has 0 atom stereocenters. The number of aryl methyl sites for hydroxylation is 1. The van der Waals surface area contributed by atoms with Crippen molar-refractivity contribution in [3.8, 4) is 0 Å². The lowest BCUT2D eigenvalue weighted by atomic mass is 10.1. The van der Waals surface area contributed by atoms with Gasteiger partial charge in [0.25, 0.3) is 5.91 Å². The molecule has 0 unspecified atom stereocenters. The van der Waals surface area contributed by atoms with Crippen LogP contribution in [-0.4, -0.2) is 49.8 Å². The topological polar surface area (TPSA) is 90.5 Å². The SMILES string of the molecule is CCCCNC(=O)c1cccc(NCC(=O)Nc2ccc(CCC(=O)N(C)C)cc2)c1. The predicted octanol–water partition coefficient (Wildman–Crippen LogP) is 3.29. The Balaban J connectivity index is 1.80. The average Bonchev–Trinajstić information content (AvgIpc) is 2.77. The van der Waals surface area contributed by atoms with E-state index >= 15 is 0 Å². The summed E-state index contributed by atoms with van der Waals surface area (Å²) in [4.78, 5) is 37.7. The lowest BCUT2D eigenvalue weighted by Gasteiger charge is -2.11. The molecular weight excluding hydrogens is 392 g/mol. The number of hydrogen-bond donors (Lipinski definition) is 3. The van der Waals surface area contributed by atoms with Crippen molar-refractivity contribution in [1.29, 1.82) is 0 Å². The van der Waals surface area contributed by atoms with E-state index in [0.29, 0.717) is 36.3 Å². The van der Waals surface area contributed by atoms with Gasteiger partial charge in [-0.15, -0.1) is 0 Å². The molecule has 0 heterocycles. The van der Waals surface area contributed by atoms with Gasteiger partial charge in [-0.2, -0.15) is 0 Å². The van der Waals surface area contributed by atoms with Crippen molar-refractivity contribution in [2.75, 3.05) is 37.8 Å². The molecule has 7 nitrogen and oxygen atoms in total. The van der Waals surface area contributed by atoms with Crippen LogP contribution in [-0.2, 0) is 16.0 Å². The van der Waals surface area contributed by atoms with Gasteiger partial charge in [-0.05, 0) is 48.7 Å². The number of nitrogens with one attached hydrogen (secondary N) is 3. The molecule has 7 heteroatoms. The van der Waals surface area contributed by atoms with Crippen molar-refractivity contribution in [3.05, 3.63) is 59.7 Å². The minimum Gasteiger partial charge on any atom is -0.376 e. The molecule has 0 aliphatic heterocycles. The number of nitrogens with zero attached hydrogens (tertiary/aromatic N) is 1. The van der Waals surface area contributed by atoms with Crippen molar-refractivity contribution in [1.82, 2.24) is 10.2 Å². The highest BCUT2D eigenvalue weighted by molar-refractivity contribution is 5.96. The summed E-state index contributed by atoms with van der Waals surface area (Å²) < 4.78 is 0. The van der Waals surface area contributed by atoms with Crippen molar-refractivity contribution in [3.63, 3.8) is 0 Å². The second-order valence-electron chi connectivity index (χ2n) is 7.58. The van der Waals surface area contributed by atoms with E-state index in [1.54, 1.807) is 37.2 Å². The Morgan fingerprint density at radius 3 is 2.39 bits per heavy atom. The van der Waals surface area contributed by atoms with Crippen LogP contribution in [0, 0.1) is 0 Å². The molecule has 0 saturated carbocycles. The van der Waals surface area contributed by atoms with Crippen LogP contribution in [0.2, 0.25) is 0 Å². The molecule has 2 rings (SSSR count). The first-order valence-electron chi connectivity index (χ1n) is 10.6. The molecule has 0 fully saturated rings. The number of benzene rings is 2. The monoisotopic (exact) mass is 424 g/mol. The first kappa shape index (κ1) is 23.9. The number of hydrogen-bond acceptors (Lipinski definition) is 4. The summed E-state index contributed by atoms with van der Waals surface area (Å²) in [5, 5.41) is 8.77. The highest BCUT2D eigenvalue weighted by atomic mass is 16.2. The van der Waals surface area contributed by atoms with E-state index in [2.05, 4.69) is 22.9 Å². The lowest BCUT2D eigenvalue weighted by molar-refractivity contribution is -0.128. The molecule has 31 heavy (non-hydrogen) atoms. The molecular formula is C24H32N4O3. The number of amides is 3. The maximum atomic E-state index is 12.3. The molecule has 0 radical (unpaired) electrons. The number of unbranched alkanes of at least 4 members (excludes halogenated alkanes) is 1. The normalized spacial score (nSPS) is 10.3. The van der Waals surface area contributed by atoms with E-state index in [9.17, 15) is 14.4 Å². The number of carbonyl (C=O) groups is 3. The van der Waals surface area contributed by atoms with Gasteiger partial charge in [0.15, 0.2) is 0 Å². The summed E-state index contributed by atoms with van der Waals surface area (Å²) in [7, 11) is 3.49. The zero-order valence-electron chi connectivity index (χ0n) is 18.5. The van der Waals surface area contributed by atoms with Gasteiger partial charge < -0.3 is 20.9 Å². The molecule has 0 aliphatic carbocycles. The van der Waals surface area contributed by atoms with E-state index in [4.69, 9.17) is 0 Å². The highest BCUT2D eigenvalue weighted by Crippen LogP contribution is 2.13. The van der Waals surface area contributed by atoms with Gasteiger partial charge in [-0.25, -0.2) is 0 Å². The van der Waals surface area contributed by atoms with E-state index in [1.165, 1.54) is 0 Å². The molecule has 166 valence electrons. The van der Waals surface area contributed by atoms with Gasteiger partial charge in [-0.3, -0.25) is 14.4 Å². The fourth-order valence-corrected chi connectivity index (χ4v) is 2.87. The van der Waals surface area contributed by atoms with Gasteiger partial charge >= 0.3 is 0 Å². The van der Waals surface area contributed by atoms with Crippen LogP contribution in [0.5, 0.6) is 0 Å². The Bertz CT molecular complexity index is 879. The first-order valence-corrected chi connectivity index (χ1v) is 10.6. The number of carbonyl (C=O) groups excluding carboxylic acids is 3. The summed E-state index contributed by atoms with van der Waals surface area (Å²) in [6.07, 6.45) is 3.09. The fourth-order valence-electron chi connectivity index (χ4n) is 2.87. The zero-order valence-corrected chi connectivity index (χ0v) is 18.5. The minimum atomic E-state index is -0.187. The Labute approximate surface area is 184 Å². The molecule has 2 aromatic rings. The summed E-state index contributed by atoms with van der Waals surface area (Å²) >= 11 is 0. The Morgan fingerprint density at radius 1 is 0.968 bits per heavy atom. The fraction of sp³-hybridized carbons (Fsp3) is 0.375. The van der Waals surface area contributed by atoms with Crippen LogP contribution in [0.25, 0.3) is 0 Å². The van der Waals surface area contributed by atoms with E-state index in [1.807, 2.05) is 30.3 Å². The second kappa shape index (κ2) is 12.4. The predicted molar refractivity (Wildman–Crippen MR) is 124 cm³/mol. The zero-order chi connectivity index (χ0) is 22.6. The summed E-state index contributed by atoms with van der Waals surface area (Å²) in [6.45, 7) is 2.81. The third kappa shape index (κ3) is 8.50. The first-order chi connectivity index (χ1) is 14.9. The van der Waals surface area contributed by atoms with Gasteiger partial charge in [-0.1, -0.05) is 31.5 Å². The molecule has 0 aliphatic rings. The quantitative estimate of drug-likeness (QED) is 0.483. The molecule has 3 N–H and O–H groups in total. The molecule has 0 bridgehead atoms. The largest absolute Gasteiger partial charge is 0.376 e. The third-order valence-electron chi connectivity index (χ3n) is 4.76. The van der Waals surface area contributed by atoms with E-state index in [-0.39, 0.29) is 24.3 Å². The molecule has 0 saturated heterocycles. The van der Waals surface area contributed by atoms with Gasteiger partial charge in [0.2, 0.25) is 11.8 Å². The number of anilines is 2. The Kier molecular flexibility index (Phi) is 9.55. The molecule has 0 spiro atoms. The van der Waals surface area contributed by atoms with Gasteiger partial charge in [0.05, 0.1) is 6.54 Å². The van der Waals surface area contributed by atoms with Crippen molar-refractivity contribution >= 4 is 29.1 Å². The van der Waals surface area contributed by atoms with Crippen LogP contribution in [0.4, 0.5) is 11.4 Å². The van der Waals surface area contributed by atoms with Crippen LogP contribution in [0.1, 0.15) is 42.1 Å². The Hall–Kier alpha value is -3.35.